The SMILES string of the molecule is C[C@H](NS(=O)(=O)c1cc2cc(F)ccc2o1)C(=O)NCc1cc(-c2cnc(C(F)(F)F)nc2)ccn1. The molecular weight excluding hydrogens is 506 g/mol. The molecule has 36 heavy (non-hydrogen) atoms. The Hall–Kier alpha value is -3.91. The Morgan fingerprint density at radius 2 is 1.78 bits per heavy atom. The van der Waals surface area contributed by atoms with E-state index in [4.69, 9.17) is 4.42 Å². The molecule has 3 aromatic heterocycles. The Morgan fingerprint density at radius 1 is 1.06 bits per heavy atom. The van der Waals surface area contributed by atoms with Gasteiger partial charge in [-0.1, -0.05) is 0 Å². The first-order valence-electron chi connectivity index (χ1n) is 10.3. The minimum absolute atomic E-state index is 0.0931. The van der Waals surface area contributed by atoms with Crippen LogP contribution in [0.5, 0.6) is 0 Å². The highest BCUT2D eigenvalue weighted by Gasteiger charge is 2.34. The summed E-state index contributed by atoms with van der Waals surface area (Å²) >= 11 is 0. The lowest BCUT2D eigenvalue weighted by Gasteiger charge is -2.13. The molecule has 9 nitrogen and oxygen atoms in total. The summed E-state index contributed by atoms with van der Waals surface area (Å²) in [4.78, 5) is 23.2. The van der Waals surface area contributed by atoms with Crippen LogP contribution in [0.4, 0.5) is 17.6 Å². The zero-order valence-electron chi connectivity index (χ0n) is 18.4. The molecule has 14 heteroatoms. The van der Waals surface area contributed by atoms with Crippen LogP contribution < -0.4 is 10.0 Å². The molecule has 1 atom stereocenters. The van der Waals surface area contributed by atoms with Crippen LogP contribution in [-0.2, 0) is 27.5 Å². The number of furan rings is 1. The Kier molecular flexibility index (Phi) is 6.73. The van der Waals surface area contributed by atoms with Crippen LogP contribution in [0.25, 0.3) is 22.1 Å². The van der Waals surface area contributed by atoms with Gasteiger partial charge in [0.05, 0.1) is 18.3 Å². The molecule has 2 N–H and O–H groups in total. The number of pyridine rings is 1. The van der Waals surface area contributed by atoms with Crippen LogP contribution in [0, 0.1) is 5.82 Å². The van der Waals surface area contributed by atoms with E-state index in [-0.39, 0.29) is 17.5 Å². The molecule has 1 aromatic carbocycles. The number of sulfonamides is 1. The molecule has 0 saturated carbocycles. The molecule has 0 bridgehead atoms. The fourth-order valence-electron chi connectivity index (χ4n) is 3.18. The average Bonchev–Trinajstić information content (AvgIpc) is 3.26. The maximum atomic E-state index is 13.4. The van der Waals surface area contributed by atoms with Gasteiger partial charge >= 0.3 is 6.18 Å². The van der Waals surface area contributed by atoms with E-state index < -0.39 is 44.9 Å². The van der Waals surface area contributed by atoms with Gasteiger partial charge in [0.15, 0.2) is 0 Å². The third kappa shape index (κ3) is 5.66. The predicted octanol–water partition coefficient (Wildman–Crippen LogP) is 3.43. The van der Waals surface area contributed by atoms with Crippen LogP contribution in [-0.4, -0.2) is 35.3 Å². The van der Waals surface area contributed by atoms with Crippen LogP contribution in [0.3, 0.4) is 0 Å². The second kappa shape index (κ2) is 9.62. The number of nitrogens with zero attached hydrogens (tertiary/aromatic N) is 3. The van der Waals surface area contributed by atoms with Crippen LogP contribution in [0.1, 0.15) is 18.4 Å². The van der Waals surface area contributed by atoms with E-state index >= 15 is 0 Å². The van der Waals surface area contributed by atoms with Gasteiger partial charge in [-0.05, 0) is 42.8 Å². The topological polar surface area (TPSA) is 127 Å². The fourth-order valence-corrected chi connectivity index (χ4v) is 4.35. The summed E-state index contributed by atoms with van der Waals surface area (Å²) in [5.74, 6) is -2.50. The molecule has 0 fully saturated rings. The monoisotopic (exact) mass is 523 g/mol. The van der Waals surface area contributed by atoms with E-state index in [1.807, 2.05) is 0 Å². The summed E-state index contributed by atoms with van der Waals surface area (Å²) < 4.78 is 83.9. The second-order valence-corrected chi connectivity index (χ2v) is 9.28. The average molecular weight is 523 g/mol. The summed E-state index contributed by atoms with van der Waals surface area (Å²) in [6.07, 6.45) is -1.22. The highest BCUT2D eigenvalue weighted by molar-refractivity contribution is 7.89. The van der Waals surface area contributed by atoms with Crippen molar-refractivity contribution in [2.24, 2.45) is 0 Å². The van der Waals surface area contributed by atoms with Crippen molar-refractivity contribution >= 4 is 26.9 Å². The molecule has 0 unspecified atom stereocenters. The van der Waals surface area contributed by atoms with Gasteiger partial charge in [-0.3, -0.25) is 9.78 Å². The summed E-state index contributed by atoms with van der Waals surface area (Å²) in [6, 6.07) is 6.53. The van der Waals surface area contributed by atoms with Crippen LogP contribution in [0.2, 0.25) is 0 Å². The number of nitrogens with one attached hydrogen (secondary N) is 2. The number of halogens is 4. The van der Waals surface area contributed by atoms with Crippen molar-refractivity contribution in [2.75, 3.05) is 0 Å². The smallest absolute Gasteiger partial charge is 0.443 e. The number of rotatable bonds is 7. The van der Waals surface area contributed by atoms with Crippen molar-refractivity contribution < 1.29 is 35.2 Å². The van der Waals surface area contributed by atoms with Crippen molar-refractivity contribution in [1.29, 1.82) is 0 Å². The number of benzene rings is 1. The Labute approximate surface area is 201 Å². The number of hydrogen-bond donors (Lipinski definition) is 2. The van der Waals surface area contributed by atoms with Gasteiger partial charge < -0.3 is 9.73 Å². The number of alkyl halides is 3. The normalized spacial score (nSPS) is 13.0. The van der Waals surface area contributed by atoms with Gasteiger partial charge in [0.1, 0.15) is 11.4 Å². The van der Waals surface area contributed by atoms with Gasteiger partial charge in [-0.25, -0.2) is 22.8 Å². The van der Waals surface area contributed by atoms with Gasteiger partial charge in [0, 0.05) is 35.6 Å². The molecule has 0 saturated heterocycles. The molecule has 1 amide bonds. The zero-order valence-corrected chi connectivity index (χ0v) is 19.2. The molecule has 4 rings (SSSR count). The lowest BCUT2D eigenvalue weighted by Crippen LogP contribution is -2.44. The van der Waals surface area contributed by atoms with E-state index in [9.17, 15) is 30.8 Å². The molecule has 0 aliphatic carbocycles. The minimum Gasteiger partial charge on any atom is -0.443 e. The number of hydrogen-bond acceptors (Lipinski definition) is 7. The number of carbonyl (C=O) groups is 1. The predicted molar refractivity (Wildman–Crippen MR) is 118 cm³/mol. The standard InChI is InChI=1S/C22H17F4N5O4S/c1-12(31-36(33,34)19-8-14-6-16(23)2-3-18(14)35-19)20(32)28-11-17-7-13(4-5-27-17)15-9-29-21(30-10-15)22(24,25)26/h2-10,12,31H,11H2,1H3,(H,28,32)/t12-/m0/s1. The number of aromatic nitrogens is 3. The van der Waals surface area contributed by atoms with Crippen molar-refractivity contribution in [1.82, 2.24) is 25.0 Å². The lowest BCUT2D eigenvalue weighted by atomic mass is 10.1. The summed E-state index contributed by atoms with van der Waals surface area (Å²) in [5.41, 5.74) is 1.30. The third-order valence-corrected chi connectivity index (χ3v) is 6.34. The number of amides is 1. The minimum atomic E-state index is -4.66. The fraction of sp³-hybridized carbons (Fsp3) is 0.182. The highest BCUT2D eigenvalue weighted by atomic mass is 32.2. The van der Waals surface area contributed by atoms with Gasteiger partial charge in [-0.2, -0.15) is 17.9 Å². The third-order valence-electron chi connectivity index (χ3n) is 4.94. The van der Waals surface area contributed by atoms with Gasteiger partial charge in [0.25, 0.3) is 10.0 Å². The maximum Gasteiger partial charge on any atom is 0.451 e. The van der Waals surface area contributed by atoms with Crippen molar-refractivity contribution in [2.45, 2.75) is 30.8 Å². The van der Waals surface area contributed by atoms with E-state index in [2.05, 4.69) is 25.0 Å². The Bertz CT molecular complexity index is 1520. The Morgan fingerprint density at radius 3 is 2.47 bits per heavy atom. The number of fused-ring (bicyclic) bond motifs is 1. The van der Waals surface area contributed by atoms with Crippen molar-refractivity contribution in [3.05, 3.63) is 72.3 Å². The first-order valence-corrected chi connectivity index (χ1v) is 11.7. The van der Waals surface area contributed by atoms with Crippen molar-refractivity contribution in [3.8, 4) is 11.1 Å². The molecule has 0 aliphatic heterocycles. The number of carbonyl (C=O) groups excluding carboxylic acids is 1. The first kappa shape index (κ1) is 25.2. The molecule has 3 heterocycles. The van der Waals surface area contributed by atoms with Gasteiger partial charge in [-0.15, -0.1) is 0 Å². The first-order chi connectivity index (χ1) is 16.9. The second-order valence-electron chi connectivity index (χ2n) is 7.64. The van der Waals surface area contributed by atoms with E-state index in [0.717, 1.165) is 30.6 Å². The van der Waals surface area contributed by atoms with E-state index in [0.29, 0.717) is 16.8 Å². The molecule has 0 radical (unpaired) electrons. The van der Waals surface area contributed by atoms with Crippen molar-refractivity contribution in [3.63, 3.8) is 0 Å². The lowest BCUT2D eigenvalue weighted by molar-refractivity contribution is -0.145. The zero-order chi connectivity index (χ0) is 26.1. The van der Waals surface area contributed by atoms with Crippen LogP contribution in [0.15, 0.2) is 64.5 Å². The van der Waals surface area contributed by atoms with Crippen LogP contribution >= 0.6 is 0 Å². The largest absolute Gasteiger partial charge is 0.451 e. The van der Waals surface area contributed by atoms with Gasteiger partial charge in [0.2, 0.25) is 16.8 Å². The quantitative estimate of drug-likeness (QED) is 0.356. The molecule has 188 valence electrons. The molecular formula is C22H17F4N5O4S. The highest BCUT2D eigenvalue weighted by Crippen LogP contribution is 2.27. The van der Waals surface area contributed by atoms with E-state index in [1.165, 1.54) is 31.3 Å². The molecule has 4 aromatic rings. The Balaban J connectivity index is 1.39. The summed E-state index contributed by atoms with van der Waals surface area (Å²) in [6.45, 7) is 1.22. The molecule has 0 aliphatic rings. The maximum absolute atomic E-state index is 13.4. The molecule has 0 spiro atoms. The summed E-state index contributed by atoms with van der Waals surface area (Å²) in [5, 5.41) is 2.30. The summed E-state index contributed by atoms with van der Waals surface area (Å²) in [7, 11) is -4.23. The van der Waals surface area contributed by atoms with E-state index in [1.54, 1.807) is 0 Å².